The van der Waals surface area contributed by atoms with Gasteiger partial charge in [0.1, 0.15) is 11.4 Å². The molecule has 0 saturated carbocycles. The van der Waals surface area contributed by atoms with Crippen molar-refractivity contribution in [1.29, 1.82) is 0 Å². The molecule has 1 aromatic rings. The van der Waals surface area contributed by atoms with Gasteiger partial charge in [-0.25, -0.2) is 0 Å². The highest BCUT2D eigenvalue weighted by atomic mass is 16.6. The summed E-state index contributed by atoms with van der Waals surface area (Å²) in [5.74, 6) is -0.0687. The van der Waals surface area contributed by atoms with Gasteiger partial charge in [0.2, 0.25) is 0 Å². The van der Waals surface area contributed by atoms with Crippen molar-refractivity contribution in [3.05, 3.63) is 29.8 Å². The van der Waals surface area contributed by atoms with Crippen LogP contribution >= 0.6 is 0 Å². The van der Waals surface area contributed by atoms with Crippen molar-refractivity contribution in [2.75, 3.05) is 20.1 Å². The zero-order valence-electron chi connectivity index (χ0n) is 10.8. The van der Waals surface area contributed by atoms with Crippen LogP contribution in [0.5, 0.6) is 5.75 Å². The summed E-state index contributed by atoms with van der Waals surface area (Å²) in [5.41, 5.74) is 0.294. The molecule has 1 heterocycles. The summed E-state index contributed by atoms with van der Waals surface area (Å²) >= 11 is 0. The molecule has 0 aliphatic carbocycles. The first-order valence-electron chi connectivity index (χ1n) is 6.19. The average Bonchev–Trinajstić information content (AvgIpc) is 2.32. The second kappa shape index (κ2) is 4.98. The molecule has 1 aliphatic rings. The third-order valence-corrected chi connectivity index (χ3v) is 3.51. The molecule has 1 aromatic carbocycles. The molecule has 0 aromatic heterocycles. The summed E-state index contributed by atoms with van der Waals surface area (Å²) in [5, 5.41) is 9.59. The lowest BCUT2D eigenvalue weighted by Gasteiger charge is -2.40. The van der Waals surface area contributed by atoms with E-state index in [9.17, 15) is 9.90 Å². The molecule has 0 spiro atoms. The first kappa shape index (κ1) is 12.9. The van der Waals surface area contributed by atoms with Crippen LogP contribution < -0.4 is 0 Å². The van der Waals surface area contributed by atoms with Crippen molar-refractivity contribution in [3.63, 3.8) is 0 Å². The van der Waals surface area contributed by atoms with Gasteiger partial charge in [-0.3, -0.25) is 4.79 Å². The number of phenolic OH excluding ortho intramolecular Hbond substituents is 1. The number of esters is 1. The van der Waals surface area contributed by atoms with Crippen LogP contribution in [0.3, 0.4) is 0 Å². The van der Waals surface area contributed by atoms with Gasteiger partial charge in [-0.2, -0.15) is 0 Å². The number of piperidine rings is 1. The van der Waals surface area contributed by atoms with Crippen LogP contribution in [0.4, 0.5) is 0 Å². The van der Waals surface area contributed by atoms with E-state index < -0.39 is 5.60 Å². The fourth-order valence-corrected chi connectivity index (χ4v) is 2.49. The van der Waals surface area contributed by atoms with Gasteiger partial charge in [0.25, 0.3) is 0 Å². The summed E-state index contributed by atoms with van der Waals surface area (Å²) in [4.78, 5) is 13.6. The zero-order chi connectivity index (χ0) is 13.2. The Labute approximate surface area is 107 Å². The maximum Gasteiger partial charge on any atom is 0.303 e. The highest BCUT2D eigenvalue weighted by molar-refractivity contribution is 5.67. The maximum atomic E-state index is 11.4. The molecule has 0 bridgehead atoms. The Kier molecular flexibility index (Phi) is 3.57. The number of ether oxygens (including phenoxy) is 1. The van der Waals surface area contributed by atoms with Crippen LogP contribution in [0.15, 0.2) is 24.3 Å². The minimum atomic E-state index is -0.586. The molecule has 1 fully saturated rings. The largest absolute Gasteiger partial charge is 0.508 e. The fourth-order valence-electron chi connectivity index (χ4n) is 2.49. The smallest absolute Gasteiger partial charge is 0.303 e. The van der Waals surface area contributed by atoms with Gasteiger partial charge in [-0.15, -0.1) is 0 Å². The highest BCUT2D eigenvalue weighted by Gasteiger charge is 2.38. The number of carbonyl (C=O) groups excluding carboxylic acids is 1. The molecule has 1 N–H and O–H groups in total. The van der Waals surface area contributed by atoms with Crippen LogP contribution in [0, 0.1) is 0 Å². The van der Waals surface area contributed by atoms with Gasteiger partial charge in [-0.05, 0) is 24.7 Å². The zero-order valence-corrected chi connectivity index (χ0v) is 10.8. The van der Waals surface area contributed by atoms with E-state index in [2.05, 4.69) is 11.9 Å². The monoisotopic (exact) mass is 249 g/mol. The lowest BCUT2D eigenvalue weighted by atomic mass is 9.84. The van der Waals surface area contributed by atoms with Crippen LogP contribution in [-0.4, -0.2) is 36.1 Å². The second-order valence-electron chi connectivity index (χ2n) is 4.94. The second-order valence-corrected chi connectivity index (χ2v) is 4.94. The van der Waals surface area contributed by atoms with E-state index in [0.29, 0.717) is 0 Å². The SMILES string of the molecule is CC(=O)OC1(c2cccc(O)c2)CCN(C)CC1. The molecule has 18 heavy (non-hydrogen) atoms. The Morgan fingerprint density at radius 3 is 2.61 bits per heavy atom. The summed E-state index contributed by atoms with van der Waals surface area (Å²) in [6.45, 7) is 3.19. The summed E-state index contributed by atoms with van der Waals surface area (Å²) < 4.78 is 5.59. The number of rotatable bonds is 2. The van der Waals surface area contributed by atoms with Crippen molar-refractivity contribution in [2.24, 2.45) is 0 Å². The van der Waals surface area contributed by atoms with Crippen molar-refractivity contribution in [2.45, 2.75) is 25.4 Å². The number of likely N-dealkylation sites (tertiary alicyclic amines) is 1. The predicted molar refractivity (Wildman–Crippen MR) is 68.3 cm³/mol. The summed E-state index contributed by atoms with van der Waals surface area (Å²) in [7, 11) is 2.06. The van der Waals surface area contributed by atoms with E-state index in [1.54, 1.807) is 18.2 Å². The Morgan fingerprint density at radius 2 is 2.06 bits per heavy atom. The van der Waals surface area contributed by atoms with Gasteiger partial charge < -0.3 is 14.7 Å². The van der Waals surface area contributed by atoms with Crippen LogP contribution in [0.1, 0.15) is 25.3 Å². The Morgan fingerprint density at radius 1 is 1.39 bits per heavy atom. The summed E-state index contributed by atoms with van der Waals surface area (Å²) in [6.07, 6.45) is 1.51. The number of carbonyl (C=O) groups is 1. The van der Waals surface area contributed by atoms with Gasteiger partial charge in [0.05, 0.1) is 0 Å². The van der Waals surface area contributed by atoms with Crippen LogP contribution in [0.25, 0.3) is 0 Å². The van der Waals surface area contributed by atoms with Gasteiger partial charge in [-0.1, -0.05) is 12.1 Å². The van der Waals surface area contributed by atoms with E-state index in [1.807, 2.05) is 6.07 Å². The third kappa shape index (κ3) is 2.64. The standard InChI is InChI=1S/C14H19NO3/c1-11(16)18-14(6-8-15(2)9-7-14)12-4-3-5-13(17)10-12/h3-5,10,17H,6-9H2,1-2H3. The lowest BCUT2D eigenvalue weighted by molar-refractivity contribution is -0.163. The molecule has 98 valence electrons. The van der Waals surface area contributed by atoms with E-state index in [4.69, 9.17) is 4.74 Å². The topological polar surface area (TPSA) is 49.8 Å². The van der Waals surface area contributed by atoms with E-state index >= 15 is 0 Å². The van der Waals surface area contributed by atoms with Gasteiger partial charge >= 0.3 is 5.97 Å². The molecule has 0 amide bonds. The van der Waals surface area contributed by atoms with Gasteiger partial charge in [0, 0.05) is 32.9 Å². The molecule has 1 saturated heterocycles. The summed E-state index contributed by atoms with van der Waals surface area (Å²) in [6, 6.07) is 7.01. The fraction of sp³-hybridized carbons (Fsp3) is 0.500. The Bertz CT molecular complexity index is 436. The maximum absolute atomic E-state index is 11.4. The quantitative estimate of drug-likeness (QED) is 0.813. The van der Waals surface area contributed by atoms with Crippen molar-refractivity contribution < 1.29 is 14.6 Å². The Hall–Kier alpha value is -1.55. The molecule has 2 rings (SSSR count). The molecule has 0 unspecified atom stereocenters. The molecule has 1 aliphatic heterocycles. The van der Waals surface area contributed by atoms with Crippen molar-refractivity contribution in [3.8, 4) is 5.75 Å². The number of aromatic hydroxyl groups is 1. The average molecular weight is 249 g/mol. The number of phenols is 1. The van der Waals surface area contributed by atoms with E-state index in [-0.39, 0.29) is 11.7 Å². The molecular formula is C14H19NO3. The highest BCUT2D eigenvalue weighted by Crippen LogP contribution is 2.37. The number of hydrogen-bond acceptors (Lipinski definition) is 4. The van der Waals surface area contributed by atoms with Gasteiger partial charge in [0.15, 0.2) is 0 Å². The number of benzene rings is 1. The van der Waals surface area contributed by atoms with Crippen molar-refractivity contribution >= 4 is 5.97 Å². The predicted octanol–water partition coefficient (Wildman–Crippen LogP) is 1.88. The molecular weight excluding hydrogens is 230 g/mol. The minimum Gasteiger partial charge on any atom is -0.508 e. The number of nitrogens with zero attached hydrogens (tertiary/aromatic N) is 1. The van der Waals surface area contributed by atoms with Crippen molar-refractivity contribution in [1.82, 2.24) is 4.90 Å². The molecule has 4 heteroatoms. The van der Waals surface area contributed by atoms with Crippen LogP contribution in [0.2, 0.25) is 0 Å². The number of hydrogen-bond donors (Lipinski definition) is 1. The first-order chi connectivity index (χ1) is 8.52. The lowest BCUT2D eigenvalue weighted by Crippen LogP contribution is -2.43. The molecule has 4 nitrogen and oxygen atoms in total. The normalized spacial score (nSPS) is 19.4. The molecule has 0 radical (unpaired) electrons. The van der Waals surface area contributed by atoms with E-state index in [1.165, 1.54) is 6.92 Å². The third-order valence-electron chi connectivity index (χ3n) is 3.51. The molecule has 0 atom stereocenters. The first-order valence-corrected chi connectivity index (χ1v) is 6.19. The van der Waals surface area contributed by atoms with E-state index in [0.717, 1.165) is 31.5 Å². The van der Waals surface area contributed by atoms with Crippen LogP contribution in [-0.2, 0) is 15.1 Å². The Balaban J connectivity index is 2.33. The minimum absolute atomic E-state index is 0.206.